The Bertz CT molecular complexity index is 678. The van der Waals surface area contributed by atoms with E-state index < -0.39 is 5.82 Å². The lowest BCUT2D eigenvalue weighted by atomic mass is 10.2. The van der Waals surface area contributed by atoms with Crippen LogP contribution in [-0.2, 0) is 11.3 Å². The number of benzene rings is 1. The van der Waals surface area contributed by atoms with Crippen LogP contribution in [0.25, 0.3) is 0 Å². The maximum absolute atomic E-state index is 13.7. The second-order valence-corrected chi connectivity index (χ2v) is 5.65. The van der Waals surface area contributed by atoms with Gasteiger partial charge in [0, 0.05) is 23.7 Å². The highest BCUT2D eigenvalue weighted by atomic mass is 35.5. The highest BCUT2D eigenvalue weighted by Gasteiger charge is 2.26. The summed E-state index contributed by atoms with van der Waals surface area (Å²) in [6.07, 6.45) is 1.29. The Balaban J connectivity index is 1.57. The van der Waals surface area contributed by atoms with Crippen LogP contribution in [0.15, 0.2) is 41.0 Å². The van der Waals surface area contributed by atoms with Crippen LogP contribution in [0, 0.1) is 5.82 Å². The number of rotatable bonds is 3. The molecular formula is C16H16ClFN2O3. The molecule has 0 bridgehead atoms. The first kappa shape index (κ1) is 15.8. The molecule has 0 unspecified atom stereocenters. The molecule has 1 N–H and O–H groups in total. The largest absolute Gasteiger partial charge is 0.467 e. The minimum atomic E-state index is -0.437. The van der Waals surface area contributed by atoms with Gasteiger partial charge in [-0.3, -0.25) is 0 Å². The Labute approximate surface area is 138 Å². The van der Waals surface area contributed by atoms with Crippen molar-refractivity contribution in [3.8, 4) is 0 Å². The Kier molecular flexibility index (Phi) is 4.83. The van der Waals surface area contributed by atoms with Crippen LogP contribution in [0.1, 0.15) is 17.4 Å². The number of hydrogen-bond acceptors (Lipinski definition) is 3. The lowest BCUT2D eigenvalue weighted by Crippen LogP contribution is -2.46. The average Bonchev–Trinajstić information content (AvgIpc) is 3.08. The third kappa shape index (κ3) is 3.83. The molecule has 1 aromatic carbocycles. The zero-order chi connectivity index (χ0) is 16.2. The van der Waals surface area contributed by atoms with Crippen molar-refractivity contribution in [2.24, 2.45) is 0 Å². The molecule has 7 heteroatoms. The minimum absolute atomic E-state index is 0.102. The van der Waals surface area contributed by atoms with Gasteiger partial charge < -0.3 is 19.4 Å². The fourth-order valence-electron chi connectivity index (χ4n) is 2.43. The van der Waals surface area contributed by atoms with E-state index in [0.29, 0.717) is 36.0 Å². The number of morpholine rings is 1. The van der Waals surface area contributed by atoms with Gasteiger partial charge in [-0.15, -0.1) is 0 Å². The van der Waals surface area contributed by atoms with E-state index in [1.807, 2.05) is 6.07 Å². The predicted octanol–water partition coefficient (Wildman–Crippen LogP) is 3.36. The molecule has 1 aliphatic heterocycles. The second kappa shape index (κ2) is 7.02. The number of urea groups is 1. The second-order valence-electron chi connectivity index (χ2n) is 5.22. The number of nitrogens with one attached hydrogen (secondary N) is 1. The maximum Gasteiger partial charge on any atom is 0.317 e. The number of ether oxygens (including phenoxy) is 1. The van der Waals surface area contributed by atoms with Crippen LogP contribution in [0.2, 0.25) is 5.02 Å². The summed E-state index contributed by atoms with van der Waals surface area (Å²) in [6.45, 7) is 1.40. The number of halogens is 2. The van der Waals surface area contributed by atoms with Gasteiger partial charge in [0.2, 0.25) is 0 Å². The molecule has 1 fully saturated rings. The summed E-state index contributed by atoms with van der Waals surface area (Å²) in [6, 6.07) is 7.71. The number of hydrogen-bond donors (Lipinski definition) is 1. The van der Waals surface area contributed by atoms with Crippen LogP contribution in [0.4, 0.5) is 9.18 Å². The van der Waals surface area contributed by atoms with Crippen LogP contribution in [-0.4, -0.2) is 30.6 Å². The maximum atomic E-state index is 13.7. The molecule has 1 saturated heterocycles. The number of carbonyl (C=O) groups excluding carboxylic acids is 1. The number of carbonyl (C=O) groups is 1. The lowest BCUT2D eigenvalue weighted by molar-refractivity contribution is -0.0260. The van der Waals surface area contributed by atoms with Crippen molar-refractivity contribution in [3.05, 3.63) is 58.8 Å². The molecule has 0 aliphatic carbocycles. The molecule has 3 rings (SSSR count). The molecule has 1 atom stereocenters. The Morgan fingerprint density at radius 2 is 2.30 bits per heavy atom. The third-order valence-corrected chi connectivity index (χ3v) is 3.89. The van der Waals surface area contributed by atoms with Gasteiger partial charge in [0.05, 0.1) is 19.4 Å². The molecule has 1 aromatic heterocycles. The summed E-state index contributed by atoms with van der Waals surface area (Å²) < 4.78 is 24.6. The quantitative estimate of drug-likeness (QED) is 0.933. The highest BCUT2D eigenvalue weighted by Crippen LogP contribution is 2.22. The van der Waals surface area contributed by atoms with Crippen molar-refractivity contribution in [1.29, 1.82) is 0 Å². The molecule has 1 aliphatic rings. The van der Waals surface area contributed by atoms with Crippen LogP contribution in [0.5, 0.6) is 0 Å². The third-order valence-electron chi connectivity index (χ3n) is 3.66. The smallest absolute Gasteiger partial charge is 0.317 e. The summed E-state index contributed by atoms with van der Waals surface area (Å²) >= 11 is 5.71. The normalized spacial score (nSPS) is 18.0. The van der Waals surface area contributed by atoms with Gasteiger partial charge >= 0.3 is 6.03 Å². The molecule has 122 valence electrons. The van der Waals surface area contributed by atoms with Crippen molar-refractivity contribution >= 4 is 17.6 Å². The Morgan fingerprint density at radius 3 is 3.04 bits per heavy atom. The monoisotopic (exact) mass is 338 g/mol. The van der Waals surface area contributed by atoms with E-state index in [4.69, 9.17) is 20.8 Å². The molecule has 2 aromatic rings. The van der Waals surface area contributed by atoms with Crippen molar-refractivity contribution in [2.75, 3.05) is 19.7 Å². The molecule has 23 heavy (non-hydrogen) atoms. The van der Waals surface area contributed by atoms with Crippen molar-refractivity contribution in [2.45, 2.75) is 12.6 Å². The van der Waals surface area contributed by atoms with E-state index in [2.05, 4.69) is 5.32 Å². The molecule has 0 spiro atoms. The van der Waals surface area contributed by atoms with Gasteiger partial charge in [0.15, 0.2) is 0 Å². The first-order chi connectivity index (χ1) is 11.1. The van der Waals surface area contributed by atoms with Crippen LogP contribution in [0.3, 0.4) is 0 Å². The van der Waals surface area contributed by atoms with E-state index in [0.717, 1.165) is 0 Å². The molecule has 0 radical (unpaired) electrons. The molecule has 0 saturated carbocycles. The van der Waals surface area contributed by atoms with Crippen LogP contribution < -0.4 is 5.32 Å². The summed E-state index contributed by atoms with van der Waals surface area (Å²) in [5.41, 5.74) is 0.388. The number of nitrogens with zero attached hydrogens (tertiary/aromatic N) is 1. The first-order valence-corrected chi connectivity index (χ1v) is 7.63. The zero-order valence-electron chi connectivity index (χ0n) is 12.3. The molecular weight excluding hydrogens is 323 g/mol. The van der Waals surface area contributed by atoms with Crippen molar-refractivity contribution in [1.82, 2.24) is 10.2 Å². The van der Waals surface area contributed by atoms with E-state index >= 15 is 0 Å². The van der Waals surface area contributed by atoms with Gasteiger partial charge in [-0.1, -0.05) is 17.7 Å². The van der Waals surface area contributed by atoms with Gasteiger partial charge in [0.1, 0.15) is 17.7 Å². The summed E-state index contributed by atoms with van der Waals surface area (Å²) in [7, 11) is 0. The molecule has 5 nitrogen and oxygen atoms in total. The van der Waals surface area contributed by atoms with Gasteiger partial charge in [-0.05, 0) is 24.3 Å². The Hall–Kier alpha value is -2.05. The topological polar surface area (TPSA) is 54.7 Å². The SMILES string of the molecule is O=C(NCc1ccc(Cl)cc1F)N1CCO[C@H](c2ccco2)C1. The Morgan fingerprint density at radius 1 is 1.43 bits per heavy atom. The van der Waals surface area contributed by atoms with E-state index in [9.17, 15) is 9.18 Å². The fourth-order valence-corrected chi connectivity index (χ4v) is 2.59. The summed E-state index contributed by atoms with van der Waals surface area (Å²) in [5, 5.41) is 3.04. The first-order valence-electron chi connectivity index (χ1n) is 7.25. The fraction of sp³-hybridized carbons (Fsp3) is 0.312. The molecule has 2 heterocycles. The van der Waals surface area contributed by atoms with E-state index in [-0.39, 0.29) is 18.7 Å². The highest BCUT2D eigenvalue weighted by molar-refractivity contribution is 6.30. The summed E-state index contributed by atoms with van der Waals surface area (Å²) in [4.78, 5) is 13.9. The lowest BCUT2D eigenvalue weighted by Gasteiger charge is -2.32. The zero-order valence-corrected chi connectivity index (χ0v) is 13.1. The minimum Gasteiger partial charge on any atom is -0.467 e. The average molecular weight is 339 g/mol. The molecule has 2 amide bonds. The number of amides is 2. The predicted molar refractivity (Wildman–Crippen MR) is 82.6 cm³/mol. The van der Waals surface area contributed by atoms with Crippen molar-refractivity contribution < 1.29 is 18.3 Å². The van der Waals surface area contributed by atoms with E-state index in [1.54, 1.807) is 29.4 Å². The van der Waals surface area contributed by atoms with E-state index in [1.165, 1.54) is 6.07 Å². The standard InChI is InChI=1S/C16H16ClFN2O3/c17-12-4-3-11(13(18)8-12)9-19-16(21)20-5-7-23-15(10-20)14-2-1-6-22-14/h1-4,6,8,15H,5,7,9-10H2,(H,19,21)/t15-/m0/s1. The van der Waals surface area contributed by atoms with Crippen LogP contribution >= 0.6 is 11.6 Å². The van der Waals surface area contributed by atoms with Gasteiger partial charge in [0.25, 0.3) is 0 Å². The van der Waals surface area contributed by atoms with Gasteiger partial charge in [-0.2, -0.15) is 0 Å². The van der Waals surface area contributed by atoms with Gasteiger partial charge in [-0.25, -0.2) is 9.18 Å². The van der Waals surface area contributed by atoms with Crippen molar-refractivity contribution in [3.63, 3.8) is 0 Å². The number of furan rings is 1. The summed E-state index contributed by atoms with van der Waals surface area (Å²) in [5.74, 6) is 0.250.